The number of nitrogens with one attached hydrogen (secondary N) is 4. The number of aliphatic carboxylic acids is 1. The van der Waals surface area contributed by atoms with Crippen LogP contribution in [0.5, 0.6) is 0 Å². The van der Waals surface area contributed by atoms with Gasteiger partial charge in [-0.25, -0.2) is 4.79 Å². The van der Waals surface area contributed by atoms with Crippen molar-refractivity contribution in [3.8, 4) is 0 Å². The average Bonchev–Trinajstić information content (AvgIpc) is 3.26. The highest BCUT2D eigenvalue weighted by Crippen LogP contribution is 2.18. The highest BCUT2D eigenvalue weighted by molar-refractivity contribution is 5.93. The number of carboxylic acid groups (broad SMARTS) is 1. The molecule has 1 aromatic heterocycles. The molecule has 13 heteroatoms. The molecular formula is C25H38N8O5. The van der Waals surface area contributed by atoms with Gasteiger partial charge in [0.25, 0.3) is 0 Å². The normalized spacial score (nSPS) is 13.4. The van der Waals surface area contributed by atoms with Gasteiger partial charge in [0.1, 0.15) is 12.1 Å². The molecule has 0 saturated heterocycles. The van der Waals surface area contributed by atoms with E-state index in [0.717, 1.165) is 16.5 Å². The van der Waals surface area contributed by atoms with Gasteiger partial charge in [-0.3, -0.25) is 19.4 Å². The van der Waals surface area contributed by atoms with Crippen molar-refractivity contribution in [2.75, 3.05) is 13.1 Å². The molecule has 0 spiro atoms. The van der Waals surface area contributed by atoms with E-state index in [1.54, 1.807) is 6.20 Å². The minimum atomic E-state index is -1.17. The fourth-order valence-electron chi connectivity index (χ4n) is 3.91. The van der Waals surface area contributed by atoms with E-state index in [0.29, 0.717) is 6.42 Å². The molecule has 0 aliphatic carbocycles. The van der Waals surface area contributed by atoms with Gasteiger partial charge < -0.3 is 43.2 Å². The van der Waals surface area contributed by atoms with Crippen molar-refractivity contribution in [1.29, 1.82) is 0 Å². The Balaban J connectivity index is 1.95. The maximum atomic E-state index is 12.8. The first-order valence-corrected chi connectivity index (χ1v) is 12.4. The van der Waals surface area contributed by atoms with E-state index in [2.05, 4.69) is 25.9 Å². The SMILES string of the molecule is CC(C)CC(NC(=O)C(CCCN=C(N)N)NC(=O)CNC(=O)C(N)Cc1c[nH]c2ccccc12)C(=O)O. The van der Waals surface area contributed by atoms with E-state index >= 15 is 0 Å². The lowest BCUT2D eigenvalue weighted by molar-refractivity contribution is -0.142. The lowest BCUT2D eigenvalue weighted by atomic mass is 10.0. The first-order valence-electron chi connectivity index (χ1n) is 12.4. The number of carbonyl (C=O) groups is 4. The summed E-state index contributed by atoms with van der Waals surface area (Å²) in [6.07, 6.45) is 2.77. The molecule has 11 N–H and O–H groups in total. The first kappa shape index (κ1) is 30.1. The second kappa shape index (κ2) is 14.6. The zero-order valence-electron chi connectivity index (χ0n) is 21.7. The van der Waals surface area contributed by atoms with Crippen LogP contribution in [-0.2, 0) is 25.6 Å². The molecule has 0 fully saturated rings. The number of carboxylic acids is 1. The molecule has 3 unspecified atom stereocenters. The fourth-order valence-corrected chi connectivity index (χ4v) is 3.91. The van der Waals surface area contributed by atoms with Crippen LogP contribution in [0.25, 0.3) is 10.9 Å². The van der Waals surface area contributed by atoms with E-state index in [4.69, 9.17) is 17.2 Å². The number of hydrogen-bond donors (Lipinski definition) is 8. The van der Waals surface area contributed by atoms with Crippen molar-refractivity contribution in [2.45, 2.75) is 57.7 Å². The van der Waals surface area contributed by atoms with Crippen LogP contribution in [0.15, 0.2) is 35.5 Å². The number of benzene rings is 1. The molecule has 3 amide bonds. The molecule has 38 heavy (non-hydrogen) atoms. The zero-order valence-corrected chi connectivity index (χ0v) is 21.7. The van der Waals surface area contributed by atoms with Gasteiger partial charge in [-0.2, -0.15) is 0 Å². The Morgan fingerprint density at radius 2 is 1.76 bits per heavy atom. The molecule has 0 aliphatic rings. The number of nitrogens with zero attached hydrogens (tertiary/aromatic N) is 1. The number of aliphatic imine (C=N–C) groups is 1. The Morgan fingerprint density at radius 3 is 2.42 bits per heavy atom. The van der Waals surface area contributed by atoms with Gasteiger partial charge in [-0.1, -0.05) is 32.0 Å². The Kier molecular flexibility index (Phi) is 11.5. The van der Waals surface area contributed by atoms with Gasteiger partial charge in [0.2, 0.25) is 17.7 Å². The number of H-pyrrole nitrogens is 1. The predicted octanol–water partition coefficient (Wildman–Crippen LogP) is -0.692. The summed E-state index contributed by atoms with van der Waals surface area (Å²) < 4.78 is 0. The molecular weight excluding hydrogens is 492 g/mol. The lowest BCUT2D eigenvalue weighted by Crippen LogP contribution is -2.54. The van der Waals surface area contributed by atoms with Gasteiger partial charge in [-0.05, 0) is 43.2 Å². The number of fused-ring (bicyclic) bond motifs is 1. The van der Waals surface area contributed by atoms with Gasteiger partial charge in [0.05, 0.1) is 12.6 Å². The van der Waals surface area contributed by atoms with Crippen molar-refractivity contribution >= 4 is 40.6 Å². The third-order valence-electron chi connectivity index (χ3n) is 5.79. The minimum absolute atomic E-state index is 0.0231. The highest BCUT2D eigenvalue weighted by Gasteiger charge is 2.27. The van der Waals surface area contributed by atoms with Crippen LogP contribution in [0.3, 0.4) is 0 Å². The molecule has 2 rings (SSSR count). The molecule has 3 atom stereocenters. The van der Waals surface area contributed by atoms with Crippen LogP contribution in [-0.4, -0.2) is 71.0 Å². The smallest absolute Gasteiger partial charge is 0.326 e. The van der Waals surface area contributed by atoms with Gasteiger partial charge in [0, 0.05) is 23.6 Å². The van der Waals surface area contributed by atoms with Crippen LogP contribution in [0, 0.1) is 5.92 Å². The van der Waals surface area contributed by atoms with E-state index < -0.39 is 48.4 Å². The largest absolute Gasteiger partial charge is 0.480 e. The molecule has 1 heterocycles. The van der Waals surface area contributed by atoms with Crippen LogP contribution in [0.4, 0.5) is 0 Å². The molecule has 2 aromatic rings. The average molecular weight is 531 g/mol. The Bertz CT molecular complexity index is 1140. The third-order valence-corrected chi connectivity index (χ3v) is 5.79. The minimum Gasteiger partial charge on any atom is -0.480 e. The number of nitrogens with two attached hydrogens (primary N) is 3. The number of hydrogen-bond acceptors (Lipinski definition) is 6. The molecule has 0 bridgehead atoms. The number of para-hydroxylation sites is 1. The quantitative estimate of drug-likeness (QED) is 0.0832. The van der Waals surface area contributed by atoms with E-state index in [1.807, 2.05) is 38.1 Å². The van der Waals surface area contributed by atoms with Crippen molar-refractivity contribution in [3.05, 3.63) is 36.0 Å². The van der Waals surface area contributed by atoms with Crippen LogP contribution >= 0.6 is 0 Å². The summed E-state index contributed by atoms with van der Waals surface area (Å²) >= 11 is 0. The zero-order chi connectivity index (χ0) is 28.2. The summed E-state index contributed by atoms with van der Waals surface area (Å²) in [6.45, 7) is 3.48. The predicted molar refractivity (Wildman–Crippen MR) is 144 cm³/mol. The Morgan fingerprint density at radius 1 is 1.05 bits per heavy atom. The number of aromatic nitrogens is 1. The summed E-state index contributed by atoms with van der Waals surface area (Å²) in [6, 6.07) is 4.57. The van der Waals surface area contributed by atoms with Gasteiger partial charge in [0.15, 0.2) is 5.96 Å². The van der Waals surface area contributed by atoms with E-state index in [-0.39, 0.29) is 37.7 Å². The van der Waals surface area contributed by atoms with Crippen LogP contribution in [0.1, 0.15) is 38.7 Å². The second-order valence-corrected chi connectivity index (χ2v) is 9.49. The summed E-state index contributed by atoms with van der Waals surface area (Å²) in [5, 5.41) is 17.9. The highest BCUT2D eigenvalue weighted by atomic mass is 16.4. The monoisotopic (exact) mass is 530 g/mol. The summed E-state index contributed by atoms with van der Waals surface area (Å²) in [7, 11) is 0. The molecule has 13 nitrogen and oxygen atoms in total. The standard InChI is InChI=1S/C25H38N8O5/c1-14(2)10-20(24(37)38)33-23(36)19(8-5-9-29-25(27)28)32-21(34)13-31-22(35)17(26)11-15-12-30-18-7-4-3-6-16(15)18/h3-4,6-7,12,14,17,19-20,30H,5,8-11,13,26H2,1-2H3,(H,31,35)(H,32,34)(H,33,36)(H,37,38)(H4,27,28,29). The van der Waals surface area contributed by atoms with Crippen molar-refractivity contribution < 1.29 is 24.3 Å². The van der Waals surface area contributed by atoms with Crippen molar-refractivity contribution in [2.24, 2.45) is 28.1 Å². The van der Waals surface area contributed by atoms with E-state index in [1.165, 1.54) is 0 Å². The molecule has 1 aromatic carbocycles. The van der Waals surface area contributed by atoms with Gasteiger partial charge in [-0.15, -0.1) is 0 Å². The van der Waals surface area contributed by atoms with Crippen molar-refractivity contribution in [3.63, 3.8) is 0 Å². The van der Waals surface area contributed by atoms with E-state index in [9.17, 15) is 24.3 Å². The Hall–Kier alpha value is -4.13. The first-order chi connectivity index (χ1) is 18.0. The summed E-state index contributed by atoms with van der Waals surface area (Å²) in [5.41, 5.74) is 18.5. The lowest BCUT2D eigenvalue weighted by Gasteiger charge is -2.22. The molecule has 0 aliphatic heterocycles. The maximum absolute atomic E-state index is 12.8. The van der Waals surface area contributed by atoms with Gasteiger partial charge >= 0.3 is 5.97 Å². The maximum Gasteiger partial charge on any atom is 0.326 e. The molecule has 208 valence electrons. The van der Waals surface area contributed by atoms with Crippen LogP contribution in [0.2, 0.25) is 0 Å². The molecule has 0 radical (unpaired) electrons. The fraction of sp³-hybridized carbons (Fsp3) is 0.480. The number of aromatic amines is 1. The number of carbonyl (C=O) groups excluding carboxylic acids is 3. The number of rotatable bonds is 15. The van der Waals surface area contributed by atoms with Crippen molar-refractivity contribution in [1.82, 2.24) is 20.9 Å². The second-order valence-electron chi connectivity index (χ2n) is 9.49. The number of guanidine groups is 1. The topological polar surface area (TPSA) is 231 Å². The summed E-state index contributed by atoms with van der Waals surface area (Å²) in [4.78, 5) is 56.5. The summed E-state index contributed by atoms with van der Waals surface area (Å²) in [5.74, 6) is -3.07. The van der Waals surface area contributed by atoms with Crippen LogP contribution < -0.4 is 33.2 Å². The Labute approximate surface area is 221 Å². The third kappa shape index (κ3) is 9.73. The number of amides is 3. The molecule has 0 saturated carbocycles.